The zero-order chi connectivity index (χ0) is 19.1. The third-order valence-electron chi connectivity index (χ3n) is 3.77. The van der Waals surface area contributed by atoms with E-state index in [9.17, 15) is 9.59 Å². The van der Waals surface area contributed by atoms with Crippen LogP contribution in [0.2, 0.25) is 5.02 Å². The molecule has 1 N–H and O–H groups in total. The quantitative estimate of drug-likeness (QED) is 0.751. The number of rotatable bonds is 7. The smallest absolute Gasteiger partial charge is 0.328 e. The minimum atomic E-state index is -0.832. The van der Waals surface area contributed by atoms with Crippen molar-refractivity contribution in [2.75, 3.05) is 21.3 Å². The van der Waals surface area contributed by atoms with Crippen molar-refractivity contribution < 1.29 is 23.8 Å². The molecule has 0 aromatic heterocycles. The van der Waals surface area contributed by atoms with Gasteiger partial charge in [-0.3, -0.25) is 4.79 Å². The standard InChI is InChI=1S/C19H20ClNO5/c1-24-16-11-13(10-14(20)17(16)25-2)18(22)21-15(19(23)26-3)9-12-7-5-4-6-8-12/h4-8,10-11,15H,9H2,1-3H3,(H,21,22)/t15-/m0/s1. The highest BCUT2D eigenvalue weighted by molar-refractivity contribution is 6.32. The van der Waals surface area contributed by atoms with Crippen LogP contribution in [0.15, 0.2) is 42.5 Å². The second-order valence-electron chi connectivity index (χ2n) is 5.43. The molecular weight excluding hydrogens is 358 g/mol. The fourth-order valence-electron chi connectivity index (χ4n) is 2.48. The lowest BCUT2D eigenvalue weighted by molar-refractivity contribution is -0.142. The molecule has 0 fully saturated rings. The van der Waals surface area contributed by atoms with Gasteiger partial charge < -0.3 is 19.5 Å². The summed E-state index contributed by atoms with van der Waals surface area (Å²) in [6.45, 7) is 0. The van der Waals surface area contributed by atoms with Gasteiger partial charge in [0.05, 0.1) is 26.4 Å². The summed E-state index contributed by atoms with van der Waals surface area (Å²) >= 11 is 6.14. The van der Waals surface area contributed by atoms with E-state index in [1.807, 2.05) is 30.3 Å². The van der Waals surface area contributed by atoms with Crippen LogP contribution >= 0.6 is 11.6 Å². The average molecular weight is 378 g/mol. The highest BCUT2D eigenvalue weighted by atomic mass is 35.5. The first kappa shape index (κ1) is 19.6. The molecule has 138 valence electrons. The summed E-state index contributed by atoms with van der Waals surface area (Å²) in [5.41, 5.74) is 1.14. The molecule has 0 unspecified atom stereocenters. The van der Waals surface area contributed by atoms with Gasteiger partial charge in [0.25, 0.3) is 5.91 Å². The second kappa shape index (κ2) is 9.10. The monoisotopic (exact) mass is 377 g/mol. The number of hydrogen-bond acceptors (Lipinski definition) is 5. The van der Waals surface area contributed by atoms with E-state index < -0.39 is 17.9 Å². The topological polar surface area (TPSA) is 73.9 Å². The van der Waals surface area contributed by atoms with E-state index in [0.717, 1.165) is 5.56 Å². The predicted octanol–water partition coefficient (Wildman–Crippen LogP) is 2.87. The van der Waals surface area contributed by atoms with Gasteiger partial charge in [0, 0.05) is 12.0 Å². The summed E-state index contributed by atoms with van der Waals surface area (Å²) in [6, 6.07) is 11.5. The molecule has 0 saturated carbocycles. The molecule has 0 radical (unpaired) electrons. The predicted molar refractivity (Wildman–Crippen MR) is 98.0 cm³/mol. The van der Waals surface area contributed by atoms with Crippen LogP contribution in [0.25, 0.3) is 0 Å². The van der Waals surface area contributed by atoms with E-state index in [1.165, 1.54) is 33.5 Å². The lowest BCUT2D eigenvalue weighted by atomic mass is 10.1. The van der Waals surface area contributed by atoms with Gasteiger partial charge in [-0.2, -0.15) is 0 Å². The molecule has 0 spiro atoms. The summed E-state index contributed by atoms with van der Waals surface area (Å²) in [7, 11) is 4.18. The molecule has 1 amide bonds. The van der Waals surface area contributed by atoms with Crippen molar-refractivity contribution in [3.63, 3.8) is 0 Å². The van der Waals surface area contributed by atoms with Crippen molar-refractivity contribution in [3.8, 4) is 11.5 Å². The number of hydrogen-bond donors (Lipinski definition) is 1. The molecule has 2 aromatic rings. The van der Waals surface area contributed by atoms with E-state index in [2.05, 4.69) is 5.32 Å². The van der Waals surface area contributed by atoms with Crippen molar-refractivity contribution in [3.05, 3.63) is 58.6 Å². The molecular formula is C19H20ClNO5. The fourth-order valence-corrected chi connectivity index (χ4v) is 2.76. The molecule has 0 aliphatic heterocycles. The van der Waals surface area contributed by atoms with Crippen molar-refractivity contribution in [2.24, 2.45) is 0 Å². The van der Waals surface area contributed by atoms with Crippen molar-refractivity contribution in [1.29, 1.82) is 0 Å². The summed E-state index contributed by atoms with van der Waals surface area (Å²) in [5, 5.41) is 2.91. The van der Waals surface area contributed by atoms with Gasteiger partial charge in [-0.25, -0.2) is 4.79 Å². The number of nitrogens with one attached hydrogen (secondary N) is 1. The molecule has 7 heteroatoms. The summed E-state index contributed by atoms with van der Waals surface area (Å²) < 4.78 is 15.2. The molecule has 0 bridgehead atoms. The van der Waals surface area contributed by atoms with Gasteiger partial charge in [-0.05, 0) is 17.7 Å². The number of halogens is 1. The maximum Gasteiger partial charge on any atom is 0.328 e. The Labute approximate surface area is 157 Å². The first-order valence-corrected chi connectivity index (χ1v) is 8.22. The lowest BCUT2D eigenvalue weighted by Crippen LogP contribution is -2.43. The van der Waals surface area contributed by atoms with Crippen LogP contribution in [-0.4, -0.2) is 39.2 Å². The molecule has 26 heavy (non-hydrogen) atoms. The van der Waals surface area contributed by atoms with Crippen molar-refractivity contribution in [2.45, 2.75) is 12.5 Å². The Morgan fingerprint density at radius 2 is 1.77 bits per heavy atom. The molecule has 1 atom stereocenters. The molecule has 6 nitrogen and oxygen atoms in total. The van der Waals surface area contributed by atoms with Crippen LogP contribution in [0.3, 0.4) is 0 Å². The fraction of sp³-hybridized carbons (Fsp3) is 0.263. The highest BCUT2D eigenvalue weighted by Gasteiger charge is 2.24. The first-order valence-electron chi connectivity index (χ1n) is 7.84. The number of benzene rings is 2. The lowest BCUT2D eigenvalue weighted by Gasteiger charge is -2.17. The Hall–Kier alpha value is -2.73. The van der Waals surface area contributed by atoms with Crippen LogP contribution < -0.4 is 14.8 Å². The molecule has 2 rings (SSSR count). The van der Waals surface area contributed by atoms with E-state index >= 15 is 0 Å². The van der Waals surface area contributed by atoms with Gasteiger partial charge in [-0.15, -0.1) is 0 Å². The summed E-state index contributed by atoms with van der Waals surface area (Å²) in [4.78, 5) is 24.7. The minimum absolute atomic E-state index is 0.231. The van der Waals surface area contributed by atoms with Crippen molar-refractivity contribution >= 4 is 23.5 Å². The number of methoxy groups -OCH3 is 3. The summed E-state index contributed by atoms with van der Waals surface area (Å²) in [6.07, 6.45) is 0.306. The molecule has 0 saturated heterocycles. The largest absolute Gasteiger partial charge is 0.493 e. The number of amides is 1. The van der Waals surface area contributed by atoms with Crippen LogP contribution in [0, 0.1) is 0 Å². The number of ether oxygens (including phenoxy) is 3. The van der Waals surface area contributed by atoms with Crippen LogP contribution in [0.5, 0.6) is 11.5 Å². The Morgan fingerprint density at radius 1 is 1.08 bits per heavy atom. The maximum absolute atomic E-state index is 12.6. The molecule has 0 aliphatic carbocycles. The number of carbonyl (C=O) groups is 2. The molecule has 2 aromatic carbocycles. The number of carbonyl (C=O) groups excluding carboxylic acids is 2. The van der Waals surface area contributed by atoms with Gasteiger partial charge in [-0.1, -0.05) is 41.9 Å². The third-order valence-corrected chi connectivity index (χ3v) is 4.05. The van der Waals surface area contributed by atoms with E-state index in [0.29, 0.717) is 17.9 Å². The maximum atomic E-state index is 12.6. The Kier molecular flexibility index (Phi) is 6.86. The van der Waals surface area contributed by atoms with E-state index in [-0.39, 0.29) is 10.6 Å². The summed E-state index contributed by atoms with van der Waals surface area (Å²) in [5.74, 6) is -0.352. The van der Waals surface area contributed by atoms with Gasteiger partial charge >= 0.3 is 5.97 Å². The Balaban J connectivity index is 2.24. The van der Waals surface area contributed by atoms with E-state index in [4.69, 9.17) is 25.8 Å². The highest BCUT2D eigenvalue weighted by Crippen LogP contribution is 2.36. The zero-order valence-corrected chi connectivity index (χ0v) is 15.5. The number of esters is 1. The Bertz CT molecular complexity index is 779. The Morgan fingerprint density at radius 3 is 2.35 bits per heavy atom. The minimum Gasteiger partial charge on any atom is -0.493 e. The SMILES string of the molecule is COC(=O)[C@H](Cc1ccccc1)NC(=O)c1cc(Cl)c(OC)c(OC)c1. The van der Waals surface area contributed by atoms with E-state index in [1.54, 1.807) is 0 Å². The molecule has 0 heterocycles. The van der Waals surface area contributed by atoms with Crippen LogP contribution in [-0.2, 0) is 16.0 Å². The van der Waals surface area contributed by atoms with Crippen LogP contribution in [0.4, 0.5) is 0 Å². The molecule has 0 aliphatic rings. The zero-order valence-electron chi connectivity index (χ0n) is 14.7. The van der Waals surface area contributed by atoms with Gasteiger partial charge in [0.15, 0.2) is 11.5 Å². The first-order chi connectivity index (χ1) is 12.5. The average Bonchev–Trinajstić information content (AvgIpc) is 2.66. The van der Waals surface area contributed by atoms with Gasteiger partial charge in [0.2, 0.25) is 0 Å². The van der Waals surface area contributed by atoms with Crippen molar-refractivity contribution in [1.82, 2.24) is 5.32 Å². The van der Waals surface area contributed by atoms with Gasteiger partial charge in [0.1, 0.15) is 6.04 Å². The van der Waals surface area contributed by atoms with Crippen LogP contribution in [0.1, 0.15) is 15.9 Å². The normalized spacial score (nSPS) is 11.4. The third kappa shape index (κ3) is 4.67. The second-order valence-corrected chi connectivity index (χ2v) is 5.84.